The Morgan fingerprint density at radius 3 is 2.91 bits per heavy atom. The molecule has 2 rings (SSSR count). The minimum absolute atomic E-state index is 0.0169. The van der Waals surface area contributed by atoms with Gasteiger partial charge in [0.2, 0.25) is 11.0 Å². The maximum absolute atomic E-state index is 11.6. The van der Waals surface area contributed by atoms with E-state index in [0.29, 0.717) is 24.0 Å². The molecule has 0 fully saturated rings. The molecule has 1 heterocycles. The van der Waals surface area contributed by atoms with Gasteiger partial charge in [-0.3, -0.25) is 4.79 Å². The van der Waals surface area contributed by atoms with Crippen LogP contribution in [-0.2, 0) is 4.79 Å². The van der Waals surface area contributed by atoms with Crippen LogP contribution in [0.4, 0.5) is 10.8 Å². The first-order valence-corrected chi connectivity index (χ1v) is 9.25. The molecule has 1 aromatic heterocycles. The summed E-state index contributed by atoms with van der Waals surface area (Å²) in [5, 5.41) is 14.9. The zero-order valence-electron chi connectivity index (χ0n) is 13.2. The average Bonchev–Trinajstić information content (AvgIpc) is 3.00. The van der Waals surface area contributed by atoms with Crippen LogP contribution >= 0.6 is 23.1 Å². The largest absolute Gasteiger partial charge is 0.492 e. The summed E-state index contributed by atoms with van der Waals surface area (Å²) in [4.78, 5) is 11.6. The zero-order valence-corrected chi connectivity index (χ0v) is 14.8. The van der Waals surface area contributed by atoms with Crippen molar-refractivity contribution in [1.29, 1.82) is 0 Å². The van der Waals surface area contributed by atoms with Crippen molar-refractivity contribution in [3.05, 3.63) is 24.3 Å². The van der Waals surface area contributed by atoms with Crippen molar-refractivity contribution in [3.8, 4) is 5.75 Å². The van der Waals surface area contributed by atoms with Gasteiger partial charge in [0.1, 0.15) is 5.75 Å². The number of nitrogens with zero attached hydrogens (tertiary/aromatic N) is 2. The van der Waals surface area contributed by atoms with E-state index in [4.69, 9.17) is 4.74 Å². The van der Waals surface area contributed by atoms with Gasteiger partial charge in [0.25, 0.3) is 0 Å². The van der Waals surface area contributed by atoms with Crippen molar-refractivity contribution >= 4 is 39.8 Å². The van der Waals surface area contributed by atoms with Crippen molar-refractivity contribution in [3.63, 3.8) is 0 Å². The highest BCUT2D eigenvalue weighted by atomic mass is 32.2. The van der Waals surface area contributed by atoms with Gasteiger partial charge in [0.05, 0.1) is 18.0 Å². The number of thioether (sulfide) groups is 1. The van der Waals surface area contributed by atoms with Crippen LogP contribution in [0, 0.1) is 0 Å². The number of nitrogens with one attached hydrogen (secondary N) is 2. The topological polar surface area (TPSA) is 76.1 Å². The first kappa shape index (κ1) is 17.6. The fraction of sp³-hybridized carbons (Fsp3) is 0.400. The molecular weight excluding hydrogens is 332 g/mol. The maximum atomic E-state index is 11.6. The summed E-state index contributed by atoms with van der Waals surface area (Å²) in [5.41, 5.74) is 0.850. The number of amides is 1. The molecule has 0 spiro atoms. The van der Waals surface area contributed by atoms with Gasteiger partial charge in [-0.2, -0.15) is 0 Å². The Morgan fingerprint density at radius 1 is 1.30 bits per heavy atom. The van der Waals surface area contributed by atoms with Gasteiger partial charge < -0.3 is 15.4 Å². The minimum Gasteiger partial charge on any atom is -0.492 e. The number of para-hydroxylation sites is 2. The number of benzene rings is 1. The Bertz CT molecular complexity index is 633. The molecule has 0 saturated heterocycles. The molecule has 1 amide bonds. The van der Waals surface area contributed by atoms with E-state index in [-0.39, 0.29) is 5.91 Å². The third kappa shape index (κ3) is 5.72. The quantitative estimate of drug-likeness (QED) is 0.675. The smallest absolute Gasteiger partial charge is 0.230 e. The monoisotopic (exact) mass is 352 g/mol. The highest BCUT2D eigenvalue weighted by Gasteiger charge is 2.10. The van der Waals surface area contributed by atoms with E-state index in [0.717, 1.165) is 22.2 Å². The fourth-order valence-electron chi connectivity index (χ4n) is 1.73. The lowest BCUT2D eigenvalue weighted by Gasteiger charge is -2.09. The molecule has 2 N–H and O–H groups in total. The van der Waals surface area contributed by atoms with Crippen LogP contribution in [0.1, 0.15) is 20.3 Å². The van der Waals surface area contributed by atoms with Gasteiger partial charge in [-0.15, -0.1) is 10.2 Å². The number of carbonyl (C=O) groups is 1. The van der Waals surface area contributed by atoms with Crippen LogP contribution in [0.15, 0.2) is 28.6 Å². The molecule has 124 valence electrons. The van der Waals surface area contributed by atoms with Gasteiger partial charge >= 0.3 is 0 Å². The lowest BCUT2D eigenvalue weighted by atomic mass is 10.3. The molecule has 0 saturated carbocycles. The SMILES string of the molecule is CCCNC(=O)CSc1nnc(Nc2ccccc2OCC)s1. The Morgan fingerprint density at radius 2 is 2.13 bits per heavy atom. The summed E-state index contributed by atoms with van der Waals surface area (Å²) in [6, 6.07) is 7.68. The number of aromatic nitrogens is 2. The molecule has 0 aliphatic carbocycles. The van der Waals surface area contributed by atoms with Gasteiger partial charge in [0, 0.05) is 6.54 Å². The molecular formula is C15H20N4O2S2. The summed E-state index contributed by atoms with van der Waals surface area (Å²) < 4.78 is 6.33. The molecule has 0 unspecified atom stereocenters. The Balaban J connectivity index is 1.91. The summed E-state index contributed by atoms with van der Waals surface area (Å²) in [6.07, 6.45) is 0.933. The van der Waals surface area contributed by atoms with E-state index in [1.54, 1.807) is 0 Å². The third-order valence-corrected chi connectivity index (χ3v) is 4.71. The zero-order chi connectivity index (χ0) is 16.5. The van der Waals surface area contributed by atoms with Gasteiger partial charge in [-0.05, 0) is 25.5 Å². The molecule has 0 radical (unpaired) electrons. The number of ether oxygens (including phenoxy) is 1. The van der Waals surface area contributed by atoms with Gasteiger partial charge in [0.15, 0.2) is 4.34 Å². The van der Waals surface area contributed by atoms with E-state index in [2.05, 4.69) is 20.8 Å². The molecule has 8 heteroatoms. The average molecular weight is 352 g/mol. The first-order valence-electron chi connectivity index (χ1n) is 7.44. The molecule has 0 atom stereocenters. The summed E-state index contributed by atoms with van der Waals surface area (Å²) in [7, 11) is 0. The number of anilines is 2. The normalized spacial score (nSPS) is 10.3. The van der Waals surface area contributed by atoms with Crippen molar-refractivity contribution in [2.75, 3.05) is 24.2 Å². The van der Waals surface area contributed by atoms with Crippen molar-refractivity contribution in [2.24, 2.45) is 0 Å². The van der Waals surface area contributed by atoms with Gasteiger partial charge in [-0.1, -0.05) is 42.2 Å². The first-order chi connectivity index (χ1) is 11.2. The molecule has 0 aliphatic heterocycles. The highest BCUT2D eigenvalue weighted by Crippen LogP contribution is 2.31. The summed E-state index contributed by atoms with van der Waals surface area (Å²) >= 11 is 2.80. The number of hydrogen-bond acceptors (Lipinski definition) is 7. The fourth-order valence-corrected chi connectivity index (χ4v) is 3.32. The van der Waals surface area contributed by atoms with Crippen molar-refractivity contribution in [2.45, 2.75) is 24.6 Å². The van der Waals surface area contributed by atoms with Crippen LogP contribution in [-0.4, -0.2) is 35.0 Å². The predicted molar refractivity (Wildman–Crippen MR) is 94.8 cm³/mol. The van der Waals surface area contributed by atoms with Crippen LogP contribution in [0.25, 0.3) is 0 Å². The van der Waals surface area contributed by atoms with Crippen LogP contribution in [0.5, 0.6) is 5.75 Å². The lowest BCUT2D eigenvalue weighted by Crippen LogP contribution is -2.25. The Hall–Kier alpha value is -1.80. The van der Waals surface area contributed by atoms with Gasteiger partial charge in [-0.25, -0.2) is 0 Å². The minimum atomic E-state index is 0.0169. The molecule has 0 aliphatic rings. The van der Waals surface area contributed by atoms with E-state index >= 15 is 0 Å². The van der Waals surface area contributed by atoms with Crippen molar-refractivity contribution < 1.29 is 9.53 Å². The van der Waals surface area contributed by atoms with Crippen LogP contribution < -0.4 is 15.4 Å². The standard InChI is InChI=1S/C15H20N4O2S2/c1-3-9-16-13(20)10-22-15-19-18-14(23-15)17-11-7-5-6-8-12(11)21-4-2/h5-8H,3-4,9-10H2,1-2H3,(H,16,20)(H,17,18). The lowest BCUT2D eigenvalue weighted by molar-refractivity contribution is -0.118. The molecule has 0 bridgehead atoms. The van der Waals surface area contributed by atoms with Crippen LogP contribution in [0.3, 0.4) is 0 Å². The summed E-state index contributed by atoms with van der Waals surface area (Å²) in [6.45, 7) is 5.27. The van der Waals surface area contributed by atoms with E-state index < -0.39 is 0 Å². The molecule has 6 nitrogen and oxygen atoms in total. The van der Waals surface area contributed by atoms with E-state index in [1.807, 2.05) is 38.1 Å². The second-order valence-corrected chi connectivity index (χ2v) is 6.77. The maximum Gasteiger partial charge on any atom is 0.230 e. The molecule has 23 heavy (non-hydrogen) atoms. The molecule has 2 aromatic rings. The van der Waals surface area contributed by atoms with Crippen molar-refractivity contribution in [1.82, 2.24) is 15.5 Å². The van der Waals surface area contributed by atoms with E-state index in [9.17, 15) is 4.79 Å². The number of rotatable bonds is 9. The van der Waals surface area contributed by atoms with Crippen LogP contribution in [0.2, 0.25) is 0 Å². The highest BCUT2D eigenvalue weighted by molar-refractivity contribution is 8.01. The molecule has 1 aromatic carbocycles. The second kappa shape index (κ2) is 9.36. The van der Waals surface area contributed by atoms with E-state index in [1.165, 1.54) is 23.1 Å². The second-order valence-electron chi connectivity index (χ2n) is 4.57. The number of carbonyl (C=O) groups excluding carboxylic acids is 1. The summed E-state index contributed by atoms with van der Waals surface area (Å²) in [5.74, 6) is 1.14. The Kier molecular flexibility index (Phi) is 7.15. The number of hydrogen-bond donors (Lipinski definition) is 2. The Labute approximate surface area is 144 Å². The third-order valence-electron chi connectivity index (χ3n) is 2.73. The predicted octanol–water partition coefficient (Wildman–Crippen LogP) is 3.30.